The summed E-state index contributed by atoms with van der Waals surface area (Å²) in [6.07, 6.45) is 3.43. The Hall–Kier alpha value is -2.86. The summed E-state index contributed by atoms with van der Waals surface area (Å²) in [4.78, 5) is 26.9. The zero-order valence-electron chi connectivity index (χ0n) is 18.9. The number of rotatable bonds is 7. The third kappa shape index (κ3) is 5.13. The Morgan fingerprint density at radius 2 is 2.00 bits per heavy atom. The minimum atomic E-state index is -0.156. The molecule has 0 aliphatic carbocycles. The molecule has 32 heavy (non-hydrogen) atoms. The molecule has 0 bridgehead atoms. The number of ether oxygens (including phenoxy) is 2. The predicted octanol–water partition coefficient (Wildman–Crippen LogP) is 3.55. The SMILES string of the molecule is CCC(=O)N1CCc2ccc(OCC(=O)NC[C@H]3CCCO3)cc2[C@H]1c1ccc(C)cc1. The minimum absolute atomic E-state index is 0.0433. The van der Waals surface area contributed by atoms with E-state index in [2.05, 4.69) is 42.6 Å². The maximum atomic E-state index is 12.7. The number of carbonyl (C=O) groups is 2. The molecule has 6 nitrogen and oxygen atoms in total. The molecule has 1 fully saturated rings. The van der Waals surface area contributed by atoms with Gasteiger partial charge in [0.2, 0.25) is 5.91 Å². The van der Waals surface area contributed by atoms with Crippen LogP contribution in [0.15, 0.2) is 42.5 Å². The maximum Gasteiger partial charge on any atom is 0.258 e. The molecule has 2 aromatic rings. The summed E-state index contributed by atoms with van der Waals surface area (Å²) in [6.45, 7) is 5.91. The van der Waals surface area contributed by atoms with E-state index < -0.39 is 0 Å². The van der Waals surface area contributed by atoms with Gasteiger partial charge >= 0.3 is 0 Å². The highest BCUT2D eigenvalue weighted by Crippen LogP contribution is 2.37. The minimum Gasteiger partial charge on any atom is -0.484 e. The smallest absolute Gasteiger partial charge is 0.258 e. The summed E-state index contributed by atoms with van der Waals surface area (Å²) in [5.74, 6) is 0.621. The quantitative estimate of drug-likeness (QED) is 0.721. The van der Waals surface area contributed by atoms with Gasteiger partial charge in [-0.1, -0.05) is 42.8 Å². The van der Waals surface area contributed by atoms with Crippen molar-refractivity contribution in [3.05, 3.63) is 64.7 Å². The van der Waals surface area contributed by atoms with Crippen molar-refractivity contribution in [2.24, 2.45) is 0 Å². The van der Waals surface area contributed by atoms with Crippen molar-refractivity contribution in [3.63, 3.8) is 0 Å². The molecular weight excluding hydrogens is 404 g/mol. The monoisotopic (exact) mass is 436 g/mol. The van der Waals surface area contributed by atoms with E-state index in [-0.39, 0.29) is 30.6 Å². The van der Waals surface area contributed by atoms with E-state index in [4.69, 9.17) is 9.47 Å². The van der Waals surface area contributed by atoms with E-state index in [9.17, 15) is 9.59 Å². The molecule has 2 amide bonds. The summed E-state index contributed by atoms with van der Waals surface area (Å²) in [5, 5.41) is 2.88. The van der Waals surface area contributed by atoms with Crippen LogP contribution in [-0.2, 0) is 20.7 Å². The van der Waals surface area contributed by atoms with E-state index >= 15 is 0 Å². The number of nitrogens with zero attached hydrogens (tertiary/aromatic N) is 1. The molecule has 0 spiro atoms. The van der Waals surface area contributed by atoms with E-state index in [1.54, 1.807) is 0 Å². The van der Waals surface area contributed by atoms with Gasteiger partial charge in [0.25, 0.3) is 5.91 Å². The zero-order valence-corrected chi connectivity index (χ0v) is 18.9. The topological polar surface area (TPSA) is 67.9 Å². The van der Waals surface area contributed by atoms with Crippen LogP contribution in [0.2, 0.25) is 0 Å². The zero-order chi connectivity index (χ0) is 22.5. The lowest BCUT2D eigenvalue weighted by Gasteiger charge is -2.38. The molecule has 2 heterocycles. The molecule has 1 saturated heterocycles. The van der Waals surface area contributed by atoms with Gasteiger partial charge in [-0.3, -0.25) is 9.59 Å². The Balaban J connectivity index is 1.50. The van der Waals surface area contributed by atoms with Crippen molar-refractivity contribution in [2.75, 3.05) is 26.3 Å². The molecule has 2 aromatic carbocycles. The predicted molar refractivity (Wildman–Crippen MR) is 123 cm³/mol. The number of hydrogen-bond acceptors (Lipinski definition) is 4. The average Bonchev–Trinajstić information content (AvgIpc) is 3.34. The van der Waals surface area contributed by atoms with Gasteiger partial charge in [0, 0.05) is 26.1 Å². The van der Waals surface area contributed by atoms with E-state index in [0.29, 0.717) is 25.3 Å². The number of fused-ring (bicyclic) bond motifs is 1. The van der Waals surface area contributed by atoms with E-state index in [0.717, 1.165) is 37.0 Å². The summed E-state index contributed by atoms with van der Waals surface area (Å²) >= 11 is 0. The van der Waals surface area contributed by atoms with Gasteiger partial charge in [0.05, 0.1) is 12.1 Å². The van der Waals surface area contributed by atoms with Crippen LogP contribution in [0.25, 0.3) is 0 Å². The lowest BCUT2D eigenvalue weighted by molar-refractivity contribution is -0.133. The van der Waals surface area contributed by atoms with E-state index in [1.165, 1.54) is 11.1 Å². The molecule has 2 aliphatic rings. The molecule has 1 N–H and O–H groups in total. The lowest BCUT2D eigenvalue weighted by atomic mass is 9.87. The summed E-state index contributed by atoms with van der Waals surface area (Å²) < 4.78 is 11.4. The first-order valence-corrected chi connectivity index (χ1v) is 11.5. The first-order chi connectivity index (χ1) is 15.5. The van der Waals surface area contributed by atoms with Gasteiger partial charge in [-0.15, -0.1) is 0 Å². The number of amides is 2. The maximum absolute atomic E-state index is 12.7. The van der Waals surface area contributed by atoms with Gasteiger partial charge in [0.15, 0.2) is 6.61 Å². The molecule has 0 aromatic heterocycles. The Kier molecular flexibility index (Phi) is 7.10. The van der Waals surface area contributed by atoms with Gasteiger partial charge in [-0.05, 0) is 55.0 Å². The molecule has 6 heteroatoms. The highest BCUT2D eigenvalue weighted by molar-refractivity contribution is 5.78. The molecule has 4 rings (SSSR count). The molecule has 170 valence electrons. The molecular formula is C26H32N2O4. The standard InChI is InChI=1S/C26H32N2O4/c1-3-25(30)28-13-12-19-10-11-21(32-17-24(29)27-16-22-5-4-14-31-22)15-23(19)26(28)20-8-6-18(2)7-9-20/h6-11,15,22,26H,3-5,12-14,16-17H2,1-2H3,(H,27,29)/t22-,26-/m1/s1. The van der Waals surface area contributed by atoms with Crippen molar-refractivity contribution in [1.82, 2.24) is 10.2 Å². The first kappa shape index (κ1) is 22.3. The Bertz CT molecular complexity index is 951. The highest BCUT2D eigenvalue weighted by atomic mass is 16.5. The second kappa shape index (κ2) is 10.2. The normalized spacial score (nSPS) is 20.0. The second-order valence-electron chi connectivity index (χ2n) is 8.59. The lowest BCUT2D eigenvalue weighted by Crippen LogP contribution is -2.40. The van der Waals surface area contributed by atoms with Crippen LogP contribution in [0.3, 0.4) is 0 Å². The number of nitrogens with one attached hydrogen (secondary N) is 1. The molecule has 0 radical (unpaired) electrons. The summed E-state index contributed by atoms with van der Waals surface area (Å²) in [7, 11) is 0. The third-order valence-electron chi connectivity index (χ3n) is 6.28. The fourth-order valence-electron chi connectivity index (χ4n) is 4.50. The number of hydrogen-bond donors (Lipinski definition) is 1. The average molecular weight is 437 g/mol. The van der Waals surface area contributed by atoms with Crippen LogP contribution in [0.5, 0.6) is 5.75 Å². The third-order valence-corrected chi connectivity index (χ3v) is 6.28. The Morgan fingerprint density at radius 1 is 1.19 bits per heavy atom. The summed E-state index contributed by atoms with van der Waals surface area (Å²) in [5.41, 5.74) is 4.55. The van der Waals surface area contributed by atoms with Gasteiger partial charge in [0.1, 0.15) is 5.75 Å². The Morgan fingerprint density at radius 3 is 2.72 bits per heavy atom. The van der Waals surface area contributed by atoms with Crippen molar-refractivity contribution in [3.8, 4) is 5.75 Å². The molecule has 0 saturated carbocycles. The van der Waals surface area contributed by atoms with Crippen molar-refractivity contribution in [2.45, 2.75) is 51.7 Å². The number of carbonyl (C=O) groups excluding carboxylic acids is 2. The highest BCUT2D eigenvalue weighted by Gasteiger charge is 2.31. The fraction of sp³-hybridized carbons (Fsp3) is 0.462. The van der Waals surface area contributed by atoms with Gasteiger partial charge in [-0.25, -0.2) is 0 Å². The number of benzene rings is 2. The van der Waals surface area contributed by atoms with Crippen LogP contribution in [-0.4, -0.2) is 49.1 Å². The Labute approximate surface area is 189 Å². The largest absolute Gasteiger partial charge is 0.484 e. The van der Waals surface area contributed by atoms with Gasteiger partial charge < -0.3 is 19.7 Å². The number of aryl methyl sites for hydroxylation is 1. The van der Waals surface area contributed by atoms with Crippen LogP contribution in [0.4, 0.5) is 0 Å². The molecule has 2 atom stereocenters. The van der Waals surface area contributed by atoms with Crippen LogP contribution >= 0.6 is 0 Å². The molecule has 2 aliphatic heterocycles. The van der Waals surface area contributed by atoms with E-state index in [1.807, 2.05) is 24.0 Å². The first-order valence-electron chi connectivity index (χ1n) is 11.5. The van der Waals surface area contributed by atoms with Crippen LogP contribution < -0.4 is 10.1 Å². The van der Waals surface area contributed by atoms with Crippen molar-refractivity contribution < 1.29 is 19.1 Å². The van der Waals surface area contributed by atoms with Crippen molar-refractivity contribution >= 4 is 11.8 Å². The fourth-order valence-corrected chi connectivity index (χ4v) is 4.50. The van der Waals surface area contributed by atoms with Crippen LogP contribution in [0, 0.1) is 6.92 Å². The van der Waals surface area contributed by atoms with Crippen LogP contribution in [0.1, 0.15) is 54.5 Å². The van der Waals surface area contributed by atoms with Gasteiger partial charge in [-0.2, -0.15) is 0 Å². The molecule has 0 unspecified atom stereocenters. The van der Waals surface area contributed by atoms with Crippen molar-refractivity contribution in [1.29, 1.82) is 0 Å². The second-order valence-corrected chi connectivity index (χ2v) is 8.59. The summed E-state index contributed by atoms with van der Waals surface area (Å²) in [6, 6.07) is 14.2.